The fourth-order valence-electron chi connectivity index (χ4n) is 3.08. The molecule has 6 heteroatoms. The second kappa shape index (κ2) is 7.08. The number of benzene rings is 1. The van der Waals surface area contributed by atoms with Crippen molar-refractivity contribution in [3.63, 3.8) is 0 Å². The Balaban J connectivity index is 1.77. The average molecular weight is 344 g/mol. The minimum absolute atomic E-state index is 0.191. The normalized spacial score (nSPS) is 16.3. The molecule has 2 N–H and O–H groups in total. The molecule has 1 aliphatic rings. The molecule has 124 valence electrons. The number of H-pyrrole nitrogens is 1. The lowest BCUT2D eigenvalue weighted by atomic mass is 9.74. The van der Waals surface area contributed by atoms with Crippen molar-refractivity contribution in [2.75, 3.05) is 19.8 Å². The molecule has 0 atom stereocenters. The lowest BCUT2D eigenvalue weighted by Crippen LogP contribution is -2.44. The Kier molecular flexibility index (Phi) is 4.89. The topological polar surface area (TPSA) is 77.9 Å². The first kappa shape index (κ1) is 16.6. The van der Waals surface area contributed by atoms with Gasteiger partial charge in [-0.2, -0.15) is 5.26 Å². The van der Waals surface area contributed by atoms with Crippen LogP contribution >= 0.6 is 11.6 Å². The van der Waals surface area contributed by atoms with Gasteiger partial charge in [0, 0.05) is 36.4 Å². The van der Waals surface area contributed by atoms with E-state index in [1.807, 2.05) is 30.3 Å². The maximum Gasteiger partial charge on any atom is 0.267 e. The van der Waals surface area contributed by atoms with Crippen LogP contribution in [0.25, 0.3) is 0 Å². The molecule has 1 aromatic carbocycles. The third kappa shape index (κ3) is 3.45. The SMILES string of the molecule is N#Cc1c[nH]c(C(=O)NCC2(c3cccc(Cl)c3)CCOCC2)c1. The number of carbonyl (C=O) groups excluding carboxylic acids is 1. The Bertz CT molecular complexity index is 773. The highest BCUT2D eigenvalue weighted by atomic mass is 35.5. The Morgan fingerprint density at radius 2 is 2.17 bits per heavy atom. The van der Waals surface area contributed by atoms with Crippen molar-refractivity contribution in [1.29, 1.82) is 5.26 Å². The Labute approximate surface area is 145 Å². The molecule has 24 heavy (non-hydrogen) atoms. The molecule has 5 nitrogen and oxygen atoms in total. The predicted octanol–water partition coefficient (Wildman–Crippen LogP) is 3.02. The molecule has 1 amide bonds. The summed E-state index contributed by atoms with van der Waals surface area (Å²) in [6.07, 6.45) is 3.17. The minimum atomic E-state index is -0.218. The highest BCUT2D eigenvalue weighted by Crippen LogP contribution is 2.35. The molecule has 1 aliphatic heterocycles. The molecule has 3 rings (SSSR count). The van der Waals surface area contributed by atoms with Crippen molar-refractivity contribution < 1.29 is 9.53 Å². The summed E-state index contributed by atoms with van der Waals surface area (Å²) >= 11 is 6.15. The number of halogens is 1. The summed E-state index contributed by atoms with van der Waals surface area (Å²) in [5, 5.41) is 12.5. The van der Waals surface area contributed by atoms with Gasteiger partial charge in [0.2, 0.25) is 0 Å². The summed E-state index contributed by atoms with van der Waals surface area (Å²) in [6, 6.07) is 11.3. The summed E-state index contributed by atoms with van der Waals surface area (Å²) in [6.45, 7) is 1.81. The van der Waals surface area contributed by atoms with Gasteiger partial charge in [0.25, 0.3) is 5.91 Å². The van der Waals surface area contributed by atoms with Gasteiger partial charge in [-0.25, -0.2) is 0 Å². The van der Waals surface area contributed by atoms with E-state index in [2.05, 4.69) is 10.3 Å². The molecule has 0 aliphatic carbocycles. The number of nitrogens with zero attached hydrogens (tertiary/aromatic N) is 1. The number of nitrogens with one attached hydrogen (secondary N) is 2. The van der Waals surface area contributed by atoms with Crippen LogP contribution in [0.2, 0.25) is 5.02 Å². The summed E-state index contributed by atoms with van der Waals surface area (Å²) in [5.74, 6) is -0.218. The van der Waals surface area contributed by atoms with Gasteiger partial charge in [0.15, 0.2) is 0 Å². The zero-order valence-electron chi connectivity index (χ0n) is 13.1. The molecule has 2 heterocycles. The van der Waals surface area contributed by atoms with Crippen LogP contribution in [0.5, 0.6) is 0 Å². The lowest BCUT2D eigenvalue weighted by Gasteiger charge is -2.38. The van der Waals surface area contributed by atoms with Crippen LogP contribution in [0.4, 0.5) is 0 Å². The first-order valence-electron chi connectivity index (χ1n) is 7.83. The van der Waals surface area contributed by atoms with Crippen LogP contribution in [0.15, 0.2) is 36.5 Å². The van der Waals surface area contributed by atoms with Crippen molar-refractivity contribution >= 4 is 17.5 Å². The van der Waals surface area contributed by atoms with Gasteiger partial charge in [-0.3, -0.25) is 4.79 Å². The van der Waals surface area contributed by atoms with E-state index in [0.717, 1.165) is 18.4 Å². The maximum absolute atomic E-state index is 12.3. The van der Waals surface area contributed by atoms with E-state index in [-0.39, 0.29) is 11.3 Å². The molecule has 0 unspecified atom stereocenters. The first-order chi connectivity index (χ1) is 11.6. The second-order valence-electron chi connectivity index (χ2n) is 6.00. The number of hydrogen-bond donors (Lipinski definition) is 2. The van der Waals surface area contributed by atoms with E-state index in [9.17, 15) is 4.79 Å². The molecule has 0 bridgehead atoms. The zero-order chi connectivity index (χ0) is 17.0. The van der Waals surface area contributed by atoms with Gasteiger partial charge in [0.05, 0.1) is 5.56 Å². The number of carbonyl (C=O) groups is 1. The van der Waals surface area contributed by atoms with Crippen LogP contribution in [0.1, 0.15) is 34.5 Å². The third-order valence-corrected chi connectivity index (χ3v) is 4.77. The Morgan fingerprint density at radius 3 is 2.83 bits per heavy atom. The summed E-state index contributed by atoms with van der Waals surface area (Å²) in [4.78, 5) is 15.2. The van der Waals surface area contributed by atoms with Crippen LogP contribution in [0.3, 0.4) is 0 Å². The van der Waals surface area contributed by atoms with Crippen LogP contribution in [0, 0.1) is 11.3 Å². The molecule has 0 spiro atoms. The van der Waals surface area contributed by atoms with Gasteiger partial charge in [-0.1, -0.05) is 23.7 Å². The highest BCUT2D eigenvalue weighted by Gasteiger charge is 2.35. The van der Waals surface area contributed by atoms with Gasteiger partial charge in [-0.05, 0) is 36.6 Å². The molecular formula is C18H18ClN3O2. The summed E-state index contributed by atoms with van der Waals surface area (Å²) in [5.41, 5.74) is 1.75. The van der Waals surface area contributed by atoms with Gasteiger partial charge in [-0.15, -0.1) is 0 Å². The Hall–Kier alpha value is -2.29. The van der Waals surface area contributed by atoms with E-state index >= 15 is 0 Å². The number of amides is 1. The molecule has 1 fully saturated rings. The third-order valence-electron chi connectivity index (χ3n) is 4.53. The second-order valence-corrected chi connectivity index (χ2v) is 6.44. The highest BCUT2D eigenvalue weighted by molar-refractivity contribution is 6.30. The molecule has 1 aromatic heterocycles. The average Bonchev–Trinajstić information content (AvgIpc) is 3.10. The van der Waals surface area contributed by atoms with Gasteiger partial charge >= 0.3 is 0 Å². The van der Waals surface area contributed by atoms with Crippen molar-refractivity contribution in [3.8, 4) is 6.07 Å². The van der Waals surface area contributed by atoms with E-state index in [1.54, 1.807) is 6.07 Å². The maximum atomic E-state index is 12.3. The molecule has 0 saturated carbocycles. The van der Waals surface area contributed by atoms with Crippen molar-refractivity contribution in [3.05, 3.63) is 58.4 Å². The van der Waals surface area contributed by atoms with E-state index < -0.39 is 0 Å². The predicted molar refractivity (Wildman–Crippen MR) is 91.0 cm³/mol. The van der Waals surface area contributed by atoms with Crippen molar-refractivity contribution in [1.82, 2.24) is 10.3 Å². The fourth-order valence-corrected chi connectivity index (χ4v) is 3.27. The number of hydrogen-bond acceptors (Lipinski definition) is 3. The largest absolute Gasteiger partial charge is 0.381 e. The molecule has 0 radical (unpaired) electrons. The Morgan fingerprint density at radius 1 is 1.38 bits per heavy atom. The smallest absolute Gasteiger partial charge is 0.267 e. The fraction of sp³-hybridized carbons (Fsp3) is 0.333. The van der Waals surface area contributed by atoms with Gasteiger partial charge < -0.3 is 15.0 Å². The number of nitriles is 1. The van der Waals surface area contributed by atoms with Crippen LogP contribution in [-0.2, 0) is 10.2 Å². The number of aromatic nitrogens is 1. The van der Waals surface area contributed by atoms with Gasteiger partial charge in [0.1, 0.15) is 11.8 Å². The molecular weight excluding hydrogens is 326 g/mol. The van der Waals surface area contributed by atoms with E-state index in [1.165, 1.54) is 6.20 Å². The lowest BCUT2D eigenvalue weighted by molar-refractivity contribution is 0.0487. The van der Waals surface area contributed by atoms with Crippen LogP contribution in [-0.4, -0.2) is 30.6 Å². The monoisotopic (exact) mass is 343 g/mol. The van der Waals surface area contributed by atoms with E-state index in [4.69, 9.17) is 21.6 Å². The number of rotatable bonds is 4. The van der Waals surface area contributed by atoms with E-state index in [0.29, 0.717) is 36.0 Å². The zero-order valence-corrected chi connectivity index (χ0v) is 13.9. The quantitative estimate of drug-likeness (QED) is 0.895. The molecule has 2 aromatic rings. The minimum Gasteiger partial charge on any atom is -0.381 e. The number of ether oxygens (including phenoxy) is 1. The number of aromatic amines is 1. The summed E-state index contributed by atoms with van der Waals surface area (Å²) in [7, 11) is 0. The van der Waals surface area contributed by atoms with Crippen LogP contribution < -0.4 is 5.32 Å². The molecule has 1 saturated heterocycles. The van der Waals surface area contributed by atoms with Crippen molar-refractivity contribution in [2.45, 2.75) is 18.3 Å². The van der Waals surface area contributed by atoms with Crippen molar-refractivity contribution in [2.24, 2.45) is 0 Å². The standard InChI is InChI=1S/C18H18ClN3O2/c19-15-3-1-2-14(9-15)18(4-6-24-7-5-18)12-22-17(23)16-8-13(10-20)11-21-16/h1-3,8-9,11,21H,4-7,12H2,(H,22,23). The first-order valence-corrected chi connectivity index (χ1v) is 8.21. The summed E-state index contributed by atoms with van der Waals surface area (Å²) < 4.78 is 5.50.